The van der Waals surface area contributed by atoms with Crippen molar-refractivity contribution >= 4 is 11.8 Å². The van der Waals surface area contributed by atoms with Gasteiger partial charge in [-0.05, 0) is 60.2 Å². The summed E-state index contributed by atoms with van der Waals surface area (Å²) in [4.78, 5) is 25.9. The molecule has 50 heavy (non-hydrogen) atoms. The van der Waals surface area contributed by atoms with Crippen molar-refractivity contribution in [2.45, 2.75) is 83.6 Å². The number of carbonyl (C=O) groups is 2. The zero-order valence-corrected chi connectivity index (χ0v) is 29.5. The second kappa shape index (κ2) is 18.6. The smallest absolute Gasteiger partial charge is 0.220 e. The minimum absolute atomic E-state index is 0.00626. The molecule has 264 valence electrons. The van der Waals surface area contributed by atoms with Crippen LogP contribution in [0, 0.1) is 0 Å². The first-order chi connectivity index (χ1) is 24.3. The van der Waals surface area contributed by atoms with Crippen LogP contribution in [0.2, 0.25) is 0 Å². The van der Waals surface area contributed by atoms with Gasteiger partial charge in [-0.2, -0.15) is 0 Å². The van der Waals surface area contributed by atoms with Crippen molar-refractivity contribution in [3.05, 3.63) is 131 Å². The van der Waals surface area contributed by atoms with Crippen LogP contribution in [0.25, 0.3) is 11.1 Å². The Morgan fingerprint density at radius 1 is 0.840 bits per heavy atom. The molecule has 1 saturated heterocycles. The van der Waals surface area contributed by atoms with E-state index in [1.807, 2.05) is 42.5 Å². The summed E-state index contributed by atoms with van der Waals surface area (Å²) in [5.41, 5.74) is 7.31. The van der Waals surface area contributed by atoms with Gasteiger partial charge in [0.1, 0.15) is 0 Å². The summed E-state index contributed by atoms with van der Waals surface area (Å²) in [6.07, 6.45) is 2.97. The van der Waals surface area contributed by atoms with Gasteiger partial charge in [-0.15, -0.1) is 0 Å². The van der Waals surface area contributed by atoms with Crippen LogP contribution < -0.4 is 10.6 Å². The number of ether oxygens (including phenoxy) is 2. The van der Waals surface area contributed by atoms with E-state index >= 15 is 0 Å². The molecule has 0 spiro atoms. The van der Waals surface area contributed by atoms with Gasteiger partial charge in [0, 0.05) is 51.0 Å². The number of hydrogen-bond acceptors (Lipinski definition) is 6. The number of unbranched alkanes of at least 4 members (excludes halogenated alkanes) is 2. The van der Waals surface area contributed by atoms with E-state index in [1.165, 1.54) is 12.5 Å². The van der Waals surface area contributed by atoms with Crippen LogP contribution in [0.5, 0.6) is 0 Å². The molecule has 0 unspecified atom stereocenters. The highest BCUT2D eigenvalue weighted by Gasteiger charge is 2.33. The van der Waals surface area contributed by atoms with Crippen molar-refractivity contribution in [2.75, 3.05) is 20.1 Å². The van der Waals surface area contributed by atoms with Gasteiger partial charge in [0.15, 0.2) is 6.29 Å². The molecule has 0 saturated carbocycles. The third-order valence-electron chi connectivity index (χ3n) is 9.49. The highest BCUT2D eigenvalue weighted by Crippen LogP contribution is 2.39. The first kappa shape index (κ1) is 36.9. The molecule has 1 fully saturated rings. The van der Waals surface area contributed by atoms with Crippen molar-refractivity contribution in [3.8, 4) is 11.1 Å². The summed E-state index contributed by atoms with van der Waals surface area (Å²) in [5, 5.41) is 15.4. The zero-order chi connectivity index (χ0) is 35.3. The summed E-state index contributed by atoms with van der Waals surface area (Å²) in [6.45, 7) is 5.58. The molecule has 0 bridgehead atoms. The van der Waals surface area contributed by atoms with Crippen LogP contribution in [-0.2, 0) is 32.2 Å². The number of benzene rings is 4. The zero-order valence-electron chi connectivity index (χ0n) is 29.5. The van der Waals surface area contributed by atoms with Crippen LogP contribution in [0.4, 0.5) is 0 Å². The SMILES string of the molecule is CC(=O)NCCCCCC(=O)NCc1ccccc1-c1ccc([C@@H]2O[C@H](CN(C)[C@@H](C)c3ccccc3)C[C@H](c3ccc(CO)cc3)O2)cc1. The second-order valence-electron chi connectivity index (χ2n) is 13.2. The van der Waals surface area contributed by atoms with E-state index in [4.69, 9.17) is 9.47 Å². The predicted molar refractivity (Wildman–Crippen MR) is 197 cm³/mol. The number of carbonyl (C=O) groups excluding carboxylic acids is 2. The maximum absolute atomic E-state index is 12.6. The van der Waals surface area contributed by atoms with E-state index in [9.17, 15) is 14.7 Å². The second-order valence-corrected chi connectivity index (χ2v) is 13.2. The van der Waals surface area contributed by atoms with Crippen LogP contribution in [0.15, 0.2) is 103 Å². The molecule has 4 atom stereocenters. The number of likely N-dealkylation sites (N-methyl/N-ethyl adjacent to an activating group) is 1. The number of amides is 2. The number of nitrogens with zero attached hydrogens (tertiary/aromatic N) is 1. The fourth-order valence-electron chi connectivity index (χ4n) is 6.41. The summed E-state index contributed by atoms with van der Waals surface area (Å²) in [7, 11) is 2.14. The van der Waals surface area contributed by atoms with Gasteiger partial charge in [0.05, 0.1) is 18.8 Å². The van der Waals surface area contributed by atoms with Gasteiger partial charge in [-0.25, -0.2) is 0 Å². The van der Waals surface area contributed by atoms with Gasteiger partial charge in [-0.3, -0.25) is 14.5 Å². The Kier molecular flexibility index (Phi) is 13.7. The third-order valence-corrected chi connectivity index (χ3v) is 9.49. The molecule has 2 amide bonds. The summed E-state index contributed by atoms with van der Waals surface area (Å²) in [5.74, 6) is 0.00334. The largest absolute Gasteiger partial charge is 0.392 e. The first-order valence-corrected chi connectivity index (χ1v) is 17.8. The van der Waals surface area contributed by atoms with E-state index in [0.717, 1.165) is 65.6 Å². The Balaban J connectivity index is 1.25. The van der Waals surface area contributed by atoms with Gasteiger partial charge < -0.3 is 25.2 Å². The summed E-state index contributed by atoms with van der Waals surface area (Å²) < 4.78 is 13.3. The molecular formula is C42H51N3O5. The molecule has 1 aliphatic heterocycles. The molecule has 8 nitrogen and oxygen atoms in total. The highest BCUT2D eigenvalue weighted by atomic mass is 16.7. The van der Waals surface area contributed by atoms with Crippen molar-refractivity contribution in [3.63, 3.8) is 0 Å². The van der Waals surface area contributed by atoms with Gasteiger partial charge in [0.25, 0.3) is 0 Å². The minimum Gasteiger partial charge on any atom is -0.392 e. The molecule has 4 aromatic carbocycles. The Labute approximate surface area is 296 Å². The number of aliphatic hydroxyl groups is 1. The van der Waals surface area contributed by atoms with E-state index in [2.05, 4.69) is 90.2 Å². The fraction of sp³-hybridized carbons (Fsp3) is 0.381. The Morgan fingerprint density at radius 3 is 2.26 bits per heavy atom. The Hall–Kier alpha value is -4.34. The van der Waals surface area contributed by atoms with E-state index in [1.54, 1.807) is 0 Å². The van der Waals surface area contributed by atoms with E-state index in [-0.39, 0.29) is 36.7 Å². The highest BCUT2D eigenvalue weighted by molar-refractivity contribution is 5.76. The Morgan fingerprint density at radius 2 is 1.54 bits per heavy atom. The molecule has 8 heteroatoms. The van der Waals surface area contributed by atoms with E-state index < -0.39 is 6.29 Å². The molecule has 4 aromatic rings. The van der Waals surface area contributed by atoms with Crippen molar-refractivity contribution in [1.29, 1.82) is 0 Å². The van der Waals surface area contributed by atoms with Gasteiger partial charge in [-0.1, -0.05) is 110 Å². The van der Waals surface area contributed by atoms with Crippen LogP contribution >= 0.6 is 0 Å². The predicted octanol–water partition coefficient (Wildman–Crippen LogP) is 7.40. The number of rotatable bonds is 16. The van der Waals surface area contributed by atoms with Crippen LogP contribution in [0.1, 0.15) is 92.2 Å². The lowest BCUT2D eigenvalue weighted by molar-refractivity contribution is -0.253. The average Bonchev–Trinajstić information content (AvgIpc) is 3.15. The normalized spacial score (nSPS) is 18.1. The summed E-state index contributed by atoms with van der Waals surface area (Å²) in [6, 6.07) is 35.2. The maximum Gasteiger partial charge on any atom is 0.220 e. The molecule has 0 aromatic heterocycles. The van der Waals surface area contributed by atoms with Crippen molar-refractivity contribution < 1.29 is 24.2 Å². The quantitative estimate of drug-likeness (QED) is 0.107. The number of nitrogens with one attached hydrogen (secondary N) is 2. The van der Waals surface area contributed by atoms with Crippen molar-refractivity contribution in [2.24, 2.45) is 0 Å². The van der Waals surface area contributed by atoms with Crippen molar-refractivity contribution in [1.82, 2.24) is 15.5 Å². The molecular weight excluding hydrogens is 626 g/mol. The molecule has 1 heterocycles. The first-order valence-electron chi connectivity index (χ1n) is 17.8. The lowest BCUT2D eigenvalue weighted by Crippen LogP contribution is -2.38. The topological polar surface area (TPSA) is 100 Å². The standard InChI is InChI=1S/C42H51N3O5/c1-30(33-12-6-4-7-13-33)45(3)28-38-26-40(35-19-17-32(29-46)18-20-35)50-42(49-38)36-23-21-34(22-24-36)39-15-10-9-14-37(39)27-44-41(48)16-8-5-11-25-43-31(2)47/h4,6-7,9-10,12-15,17-24,30,38,40,42,46H,5,8,11,16,25-29H2,1-3H3,(H,43,47)(H,44,48)/t30-,38-,40+,42+/m0/s1. The van der Waals surface area contributed by atoms with Gasteiger partial charge >= 0.3 is 0 Å². The molecule has 0 radical (unpaired) electrons. The number of hydrogen-bond donors (Lipinski definition) is 3. The molecule has 3 N–H and O–H groups in total. The summed E-state index contributed by atoms with van der Waals surface area (Å²) >= 11 is 0. The molecule has 0 aliphatic carbocycles. The van der Waals surface area contributed by atoms with E-state index in [0.29, 0.717) is 19.5 Å². The molecule has 1 aliphatic rings. The maximum atomic E-state index is 12.6. The minimum atomic E-state index is -0.543. The van der Waals surface area contributed by atoms with Gasteiger partial charge in [0.2, 0.25) is 11.8 Å². The number of aliphatic hydroxyl groups excluding tert-OH is 1. The third kappa shape index (κ3) is 10.6. The molecule has 5 rings (SSSR count). The monoisotopic (exact) mass is 677 g/mol. The lowest BCUT2D eigenvalue weighted by Gasteiger charge is -2.39. The lowest BCUT2D eigenvalue weighted by atomic mass is 9.97. The Bertz CT molecular complexity index is 1640. The average molecular weight is 678 g/mol. The van der Waals surface area contributed by atoms with Crippen LogP contribution in [-0.4, -0.2) is 48.1 Å². The van der Waals surface area contributed by atoms with Crippen LogP contribution in [0.3, 0.4) is 0 Å². The fourth-order valence-corrected chi connectivity index (χ4v) is 6.41.